The molecule has 7 heteroatoms. The summed E-state index contributed by atoms with van der Waals surface area (Å²) < 4.78 is 1.69. The van der Waals surface area contributed by atoms with Gasteiger partial charge in [-0.1, -0.05) is 30.3 Å². The van der Waals surface area contributed by atoms with Gasteiger partial charge in [0.25, 0.3) is 5.91 Å². The number of fused-ring (bicyclic) bond motifs is 1. The molecule has 1 aliphatic rings. The van der Waals surface area contributed by atoms with E-state index in [0.29, 0.717) is 18.4 Å². The Bertz CT molecular complexity index is 1070. The summed E-state index contributed by atoms with van der Waals surface area (Å²) in [6.45, 7) is 2.38. The van der Waals surface area contributed by atoms with Crippen molar-refractivity contribution in [1.82, 2.24) is 20.0 Å². The van der Waals surface area contributed by atoms with Crippen molar-refractivity contribution in [3.63, 3.8) is 0 Å². The number of amides is 2. The molecule has 2 heterocycles. The Labute approximate surface area is 168 Å². The molecule has 29 heavy (non-hydrogen) atoms. The van der Waals surface area contributed by atoms with Gasteiger partial charge in [0.1, 0.15) is 11.8 Å². The first-order valence-electron chi connectivity index (χ1n) is 9.76. The third-order valence-corrected chi connectivity index (χ3v) is 5.53. The second kappa shape index (κ2) is 7.58. The fourth-order valence-corrected chi connectivity index (χ4v) is 3.92. The van der Waals surface area contributed by atoms with Gasteiger partial charge in [0.15, 0.2) is 0 Å². The molecule has 0 saturated carbocycles. The van der Waals surface area contributed by atoms with Gasteiger partial charge in [-0.05, 0) is 31.2 Å². The number of aryl methyl sites for hydroxylation is 1. The van der Waals surface area contributed by atoms with Crippen molar-refractivity contribution in [2.75, 3.05) is 6.54 Å². The molecule has 0 aliphatic carbocycles. The minimum Gasteiger partial charge on any atom is -0.506 e. The van der Waals surface area contributed by atoms with Gasteiger partial charge in [0.2, 0.25) is 5.91 Å². The number of phenols is 1. The van der Waals surface area contributed by atoms with Gasteiger partial charge in [-0.15, -0.1) is 0 Å². The minimum atomic E-state index is -0.549. The number of likely N-dealkylation sites (tertiary alicyclic amines) is 1. The number of carbonyl (C=O) groups excluding carboxylic acids is 2. The van der Waals surface area contributed by atoms with E-state index in [1.54, 1.807) is 27.9 Å². The first kappa shape index (κ1) is 19.0. The summed E-state index contributed by atoms with van der Waals surface area (Å²) in [6.07, 6.45) is 4.93. The zero-order valence-corrected chi connectivity index (χ0v) is 16.5. The minimum absolute atomic E-state index is 0.0390. The molecular formula is C22H24N4O3. The van der Waals surface area contributed by atoms with Crippen LogP contribution >= 0.6 is 0 Å². The highest BCUT2D eigenvalue weighted by Gasteiger charge is 2.36. The molecule has 1 aromatic heterocycles. The van der Waals surface area contributed by atoms with E-state index in [4.69, 9.17) is 0 Å². The maximum Gasteiger partial charge on any atom is 0.258 e. The highest BCUT2D eigenvalue weighted by Crippen LogP contribution is 2.31. The second-order valence-electron chi connectivity index (χ2n) is 7.52. The smallest absolute Gasteiger partial charge is 0.258 e. The molecule has 2 atom stereocenters. The van der Waals surface area contributed by atoms with Gasteiger partial charge in [0, 0.05) is 30.7 Å². The van der Waals surface area contributed by atoms with Crippen molar-refractivity contribution in [2.24, 2.45) is 7.05 Å². The number of nitrogens with zero attached hydrogens (tertiary/aromatic N) is 3. The molecule has 150 valence electrons. The molecule has 3 aromatic rings. The third-order valence-electron chi connectivity index (χ3n) is 5.53. The maximum absolute atomic E-state index is 13.2. The summed E-state index contributed by atoms with van der Waals surface area (Å²) in [6, 6.07) is 10.1. The van der Waals surface area contributed by atoms with Gasteiger partial charge in [-0.3, -0.25) is 14.3 Å². The molecule has 2 amide bonds. The Morgan fingerprint density at radius 2 is 2.03 bits per heavy atom. The molecule has 2 N–H and O–H groups in total. The van der Waals surface area contributed by atoms with Crippen LogP contribution in [-0.2, 0) is 11.8 Å². The average Bonchev–Trinajstić information content (AvgIpc) is 3.37. The maximum atomic E-state index is 13.2. The highest BCUT2D eigenvalue weighted by molar-refractivity contribution is 6.05. The van der Waals surface area contributed by atoms with Crippen LogP contribution < -0.4 is 5.32 Å². The molecule has 0 radical (unpaired) electrons. The quantitative estimate of drug-likeness (QED) is 0.715. The van der Waals surface area contributed by atoms with Crippen LogP contribution in [0.2, 0.25) is 0 Å². The number of nitrogens with one attached hydrogen (secondary N) is 1. The van der Waals surface area contributed by atoms with Crippen LogP contribution in [0.1, 0.15) is 41.7 Å². The fraction of sp³-hybridized carbons (Fsp3) is 0.318. The Hall–Kier alpha value is -3.35. The van der Waals surface area contributed by atoms with E-state index in [1.165, 1.54) is 0 Å². The van der Waals surface area contributed by atoms with Crippen molar-refractivity contribution in [2.45, 2.75) is 31.8 Å². The Kier molecular flexibility index (Phi) is 4.96. The molecule has 7 nitrogen and oxygen atoms in total. The van der Waals surface area contributed by atoms with E-state index < -0.39 is 6.04 Å². The van der Waals surface area contributed by atoms with Gasteiger partial charge in [-0.2, -0.15) is 5.10 Å². The largest absolute Gasteiger partial charge is 0.506 e. The lowest BCUT2D eigenvalue weighted by Gasteiger charge is -2.26. The number of hydrogen-bond acceptors (Lipinski definition) is 4. The lowest BCUT2D eigenvalue weighted by Crippen LogP contribution is -2.46. The van der Waals surface area contributed by atoms with Crippen molar-refractivity contribution >= 4 is 22.6 Å². The summed E-state index contributed by atoms with van der Waals surface area (Å²) in [7, 11) is 1.82. The topological polar surface area (TPSA) is 87.5 Å². The normalized spacial score (nSPS) is 17.4. The molecule has 1 saturated heterocycles. The molecule has 1 fully saturated rings. The number of rotatable bonds is 4. The molecule has 0 bridgehead atoms. The second-order valence-corrected chi connectivity index (χ2v) is 7.52. The highest BCUT2D eigenvalue weighted by atomic mass is 16.3. The van der Waals surface area contributed by atoms with E-state index in [-0.39, 0.29) is 29.2 Å². The van der Waals surface area contributed by atoms with Gasteiger partial charge >= 0.3 is 0 Å². The van der Waals surface area contributed by atoms with Gasteiger partial charge in [-0.25, -0.2) is 0 Å². The summed E-state index contributed by atoms with van der Waals surface area (Å²) in [4.78, 5) is 27.6. The third kappa shape index (κ3) is 3.55. The molecule has 2 aromatic carbocycles. The summed E-state index contributed by atoms with van der Waals surface area (Å²) in [5, 5.41) is 19.3. The van der Waals surface area contributed by atoms with Crippen molar-refractivity contribution in [3.8, 4) is 5.75 Å². The van der Waals surface area contributed by atoms with Crippen molar-refractivity contribution in [1.29, 1.82) is 0 Å². The van der Waals surface area contributed by atoms with E-state index >= 15 is 0 Å². The first-order valence-corrected chi connectivity index (χ1v) is 9.76. The fourth-order valence-electron chi connectivity index (χ4n) is 3.92. The van der Waals surface area contributed by atoms with Crippen LogP contribution in [0.15, 0.2) is 48.8 Å². The number of aromatic nitrogens is 2. The van der Waals surface area contributed by atoms with Crippen LogP contribution in [-0.4, -0.2) is 44.2 Å². The number of benzene rings is 2. The predicted molar refractivity (Wildman–Crippen MR) is 109 cm³/mol. The summed E-state index contributed by atoms with van der Waals surface area (Å²) in [5.41, 5.74) is 1.13. The molecule has 0 spiro atoms. The zero-order valence-electron chi connectivity index (χ0n) is 16.5. The van der Waals surface area contributed by atoms with Crippen LogP contribution in [0.4, 0.5) is 0 Å². The van der Waals surface area contributed by atoms with Gasteiger partial charge in [0.05, 0.1) is 17.8 Å². The van der Waals surface area contributed by atoms with Crippen LogP contribution in [0.5, 0.6) is 5.75 Å². The van der Waals surface area contributed by atoms with Gasteiger partial charge < -0.3 is 15.3 Å². The Morgan fingerprint density at radius 1 is 1.24 bits per heavy atom. The number of carbonyl (C=O) groups is 2. The van der Waals surface area contributed by atoms with Crippen LogP contribution in [0.3, 0.4) is 0 Å². The van der Waals surface area contributed by atoms with E-state index in [2.05, 4.69) is 10.4 Å². The van der Waals surface area contributed by atoms with E-state index in [9.17, 15) is 14.7 Å². The average molecular weight is 392 g/mol. The molecule has 2 unspecified atom stereocenters. The molecular weight excluding hydrogens is 368 g/mol. The van der Waals surface area contributed by atoms with Crippen LogP contribution in [0, 0.1) is 0 Å². The number of phenolic OH excluding ortho intramolecular Hbond substituents is 1. The predicted octanol–water partition coefficient (Wildman–Crippen LogP) is 2.76. The number of aromatic hydroxyl groups is 1. The molecule has 4 rings (SSSR count). The summed E-state index contributed by atoms with van der Waals surface area (Å²) >= 11 is 0. The van der Waals surface area contributed by atoms with Crippen molar-refractivity contribution in [3.05, 3.63) is 59.9 Å². The Morgan fingerprint density at radius 3 is 2.79 bits per heavy atom. The summed E-state index contributed by atoms with van der Waals surface area (Å²) in [5.74, 6) is -0.546. The molecule has 1 aliphatic heterocycles. The lowest BCUT2D eigenvalue weighted by atomic mass is 10.0. The van der Waals surface area contributed by atoms with Crippen molar-refractivity contribution < 1.29 is 14.7 Å². The van der Waals surface area contributed by atoms with E-state index in [0.717, 1.165) is 17.4 Å². The van der Waals surface area contributed by atoms with E-state index in [1.807, 2.05) is 44.4 Å². The first-order chi connectivity index (χ1) is 14.0. The lowest BCUT2D eigenvalue weighted by molar-refractivity contribution is -0.125. The van der Waals surface area contributed by atoms with Crippen LogP contribution in [0.25, 0.3) is 10.8 Å². The zero-order chi connectivity index (χ0) is 20.5. The number of hydrogen-bond donors (Lipinski definition) is 2. The monoisotopic (exact) mass is 392 g/mol. The standard InChI is InChI=1S/C22H24N4O3/c1-14(16-12-23-25(2)13-16)24-21(28)19-8-5-11-26(19)22(29)18-10-9-15-6-3-4-7-17(15)20(18)27/h3-4,6-7,9-10,12-14,19,27H,5,8,11H2,1-2H3,(H,24,28). The Balaban J connectivity index is 1.54. The SMILES string of the molecule is CC(NC(=O)C1CCCN1C(=O)c1ccc2ccccc2c1O)c1cnn(C)c1.